The molecule has 0 bridgehead atoms. The molecule has 1 atom stereocenters. The number of hydrogen-bond donors (Lipinski definition) is 2. The molecule has 4 nitrogen and oxygen atoms in total. The number of rotatable bonds is 4. The Kier molecular flexibility index (Phi) is 4.22. The van der Waals surface area contributed by atoms with Gasteiger partial charge in [0.25, 0.3) is 0 Å². The van der Waals surface area contributed by atoms with Crippen LogP contribution in [0.2, 0.25) is 0 Å². The maximum atomic E-state index is 12.0. The summed E-state index contributed by atoms with van der Waals surface area (Å²) in [5.74, 6) is 0.0464. The highest BCUT2D eigenvalue weighted by atomic mass is 16.2. The molecule has 3 N–H and O–H groups in total. The van der Waals surface area contributed by atoms with Crippen molar-refractivity contribution in [2.24, 2.45) is 11.1 Å². The van der Waals surface area contributed by atoms with Crippen LogP contribution in [0.3, 0.4) is 0 Å². The Morgan fingerprint density at radius 3 is 2.68 bits per heavy atom. The Labute approximate surface area is 115 Å². The van der Waals surface area contributed by atoms with E-state index in [0.717, 1.165) is 25.2 Å². The third-order valence-electron chi connectivity index (χ3n) is 3.83. The summed E-state index contributed by atoms with van der Waals surface area (Å²) in [5.41, 5.74) is 7.99. The zero-order valence-corrected chi connectivity index (χ0v) is 11.8. The highest BCUT2D eigenvalue weighted by molar-refractivity contribution is 5.92. The third-order valence-corrected chi connectivity index (χ3v) is 3.83. The van der Waals surface area contributed by atoms with Gasteiger partial charge in [-0.2, -0.15) is 0 Å². The molecule has 0 aromatic heterocycles. The van der Waals surface area contributed by atoms with Crippen molar-refractivity contribution in [1.29, 1.82) is 0 Å². The van der Waals surface area contributed by atoms with Gasteiger partial charge < -0.3 is 11.1 Å². The summed E-state index contributed by atoms with van der Waals surface area (Å²) in [7, 11) is 0. The minimum Gasteiger partial charge on any atom is -0.330 e. The van der Waals surface area contributed by atoms with Gasteiger partial charge in [-0.15, -0.1) is 0 Å². The van der Waals surface area contributed by atoms with Gasteiger partial charge in [-0.05, 0) is 44.0 Å². The van der Waals surface area contributed by atoms with Crippen LogP contribution in [0.15, 0.2) is 24.3 Å². The SMILES string of the molecule is Cc1ccc(NC(=O)CN2CCC(C)(CN)C2)cc1. The van der Waals surface area contributed by atoms with Gasteiger partial charge >= 0.3 is 0 Å². The monoisotopic (exact) mass is 261 g/mol. The number of amides is 1. The molecule has 0 aliphatic carbocycles. The van der Waals surface area contributed by atoms with E-state index in [0.29, 0.717) is 13.1 Å². The van der Waals surface area contributed by atoms with Crippen molar-refractivity contribution in [1.82, 2.24) is 4.90 Å². The molecule has 1 aliphatic rings. The first-order valence-corrected chi connectivity index (χ1v) is 6.80. The molecule has 1 aliphatic heterocycles. The van der Waals surface area contributed by atoms with E-state index in [9.17, 15) is 4.79 Å². The van der Waals surface area contributed by atoms with Gasteiger partial charge in [0.2, 0.25) is 5.91 Å². The van der Waals surface area contributed by atoms with Crippen molar-refractivity contribution in [3.8, 4) is 0 Å². The van der Waals surface area contributed by atoms with Crippen LogP contribution in [0.4, 0.5) is 5.69 Å². The standard InChI is InChI=1S/C15H23N3O/c1-12-3-5-13(6-4-12)17-14(19)9-18-8-7-15(2,10-16)11-18/h3-6H,7-11,16H2,1-2H3,(H,17,19). The fourth-order valence-electron chi connectivity index (χ4n) is 2.47. The smallest absolute Gasteiger partial charge is 0.238 e. The van der Waals surface area contributed by atoms with Crippen LogP contribution in [-0.2, 0) is 4.79 Å². The average Bonchev–Trinajstić information content (AvgIpc) is 2.74. The van der Waals surface area contributed by atoms with Crippen molar-refractivity contribution in [2.75, 3.05) is 31.5 Å². The van der Waals surface area contributed by atoms with Crippen molar-refractivity contribution in [3.63, 3.8) is 0 Å². The van der Waals surface area contributed by atoms with Crippen molar-refractivity contribution < 1.29 is 4.79 Å². The van der Waals surface area contributed by atoms with E-state index in [1.807, 2.05) is 31.2 Å². The number of nitrogens with one attached hydrogen (secondary N) is 1. The molecule has 2 rings (SSSR count). The molecule has 1 fully saturated rings. The summed E-state index contributed by atoms with van der Waals surface area (Å²) < 4.78 is 0. The lowest BCUT2D eigenvalue weighted by molar-refractivity contribution is -0.117. The molecule has 1 amide bonds. The Morgan fingerprint density at radius 2 is 2.11 bits per heavy atom. The van der Waals surface area contributed by atoms with Crippen LogP contribution in [0.5, 0.6) is 0 Å². The summed E-state index contributed by atoms with van der Waals surface area (Å²) >= 11 is 0. The lowest BCUT2D eigenvalue weighted by Gasteiger charge is -2.22. The van der Waals surface area contributed by atoms with Crippen molar-refractivity contribution in [2.45, 2.75) is 20.3 Å². The van der Waals surface area contributed by atoms with Gasteiger partial charge in [0.05, 0.1) is 6.54 Å². The highest BCUT2D eigenvalue weighted by Gasteiger charge is 2.32. The van der Waals surface area contributed by atoms with E-state index < -0.39 is 0 Å². The van der Waals surface area contributed by atoms with Crippen LogP contribution >= 0.6 is 0 Å². The van der Waals surface area contributed by atoms with Crippen LogP contribution in [0, 0.1) is 12.3 Å². The van der Waals surface area contributed by atoms with Gasteiger partial charge in [0, 0.05) is 12.2 Å². The topological polar surface area (TPSA) is 58.4 Å². The van der Waals surface area contributed by atoms with E-state index in [2.05, 4.69) is 17.1 Å². The Bertz CT molecular complexity index is 443. The minimum atomic E-state index is 0.0464. The molecule has 0 spiro atoms. The zero-order valence-electron chi connectivity index (χ0n) is 11.8. The second-order valence-corrected chi connectivity index (χ2v) is 5.89. The van der Waals surface area contributed by atoms with Gasteiger partial charge in [0.1, 0.15) is 0 Å². The maximum absolute atomic E-state index is 12.0. The molecular weight excluding hydrogens is 238 g/mol. The molecular formula is C15H23N3O. The number of benzene rings is 1. The van der Waals surface area contributed by atoms with Crippen molar-refractivity contribution >= 4 is 11.6 Å². The number of hydrogen-bond acceptors (Lipinski definition) is 3. The van der Waals surface area contributed by atoms with E-state index >= 15 is 0 Å². The first-order chi connectivity index (χ1) is 9.00. The summed E-state index contributed by atoms with van der Waals surface area (Å²) in [6, 6.07) is 7.86. The van der Waals surface area contributed by atoms with E-state index in [4.69, 9.17) is 5.73 Å². The first-order valence-electron chi connectivity index (χ1n) is 6.80. The lowest BCUT2D eigenvalue weighted by Crippen LogP contribution is -2.35. The number of carbonyl (C=O) groups excluding carboxylic acids is 1. The fraction of sp³-hybridized carbons (Fsp3) is 0.533. The Hall–Kier alpha value is -1.39. The molecule has 4 heteroatoms. The first kappa shape index (κ1) is 14.0. The van der Waals surface area contributed by atoms with Crippen LogP contribution < -0.4 is 11.1 Å². The quantitative estimate of drug-likeness (QED) is 0.865. The Morgan fingerprint density at radius 1 is 1.42 bits per heavy atom. The number of carbonyl (C=O) groups is 1. The molecule has 1 aromatic rings. The van der Waals surface area contributed by atoms with Gasteiger partial charge in [-0.25, -0.2) is 0 Å². The molecule has 19 heavy (non-hydrogen) atoms. The summed E-state index contributed by atoms with van der Waals surface area (Å²) in [5, 5.41) is 2.93. The van der Waals surface area contributed by atoms with E-state index in [1.54, 1.807) is 0 Å². The number of nitrogens with zero attached hydrogens (tertiary/aromatic N) is 1. The number of likely N-dealkylation sites (tertiary alicyclic amines) is 1. The fourth-order valence-corrected chi connectivity index (χ4v) is 2.47. The minimum absolute atomic E-state index is 0.0464. The zero-order chi connectivity index (χ0) is 13.9. The Balaban J connectivity index is 1.84. The summed E-state index contributed by atoms with van der Waals surface area (Å²) in [6.07, 6.45) is 1.07. The summed E-state index contributed by atoms with van der Waals surface area (Å²) in [4.78, 5) is 14.1. The predicted molar refractivity (Wildman–Crippen MR) is 78.0 cm³/mol. The molecule has 1 heterocycles. The van der Waals surface area contributed by atoms with Gasteiger partial charge in [-0.3, -0.25) is 9.69 Å². The third kappa shape index (κ3) is 3.78. The molecule has 0 saturated carbocycles. The average molecular weight is 261 g/mol. The molecule has 104 valence electrons. The second-order valence-electron chi connectivity index (χ2n) is 5.89. The van der Waals surface area contributed by atoms with E-state index in [-0.39, 0.29) is 11.3 Å². The summed E-state index contributed by atoms with van der Waals surface area (Å²) in [6.45, 7) is 7.21. The normalized spacial score (nSPS) is 23.5. The van der Waals surface area contributed by atoms with Crippen LogP contribution in [0.25, 0.3) is 0 Å². The molecule has 0 radical (unpaired) electrons. The molecule has 1 aromatic carbocycles. The number of aryl methyl sites for hydroxylation is 1. The van der Waals surface area contributed by atoms with Gasteiger partial charge in [0.15, 0.2) is 0 Å². The number of anilines is 1. The molecule has 1 unspecified atom stereocenters. The largest absolute Gasteiger partial charge is 0.330 e. The highest BCUT2D eigenvalue weighted by Crippen LogP contribution is 2.28. The molecule has 1 saturated heterocycles. The lowest BCUT2D eigenvalue weighted by atomic mass is 9.90. The van der Waals surface area contributed by atoms with Gasteiger partial charge in [-0.1, -0.05) is 24.6 Å². The maximum Gasteiger partial charge on any atom is 0.238 e. The predicted octanol–water partition coefficient (Wildman–Crippen LogP) is 1.60. The second kappa shape index (κ2) is 5.72. The van der Waals surface area contributed by atoms with E-state index in [1.165, 1.54) is 5.56 Å². The number of nitrogens with two attached hydrogens (primary N) is 1. The van der Waals surface area contributed by atoms with Crippen LogP contribution in [0.1, 0.15) is 18.9 Å². The van der Waals surface area contributed by atoms with Crippen LogP contribution in [-0.4, -0.2) is 37.0 Å². The van der Waals surface area contributed by atoms with Crippen molar-refractivity contribution in [3.05, 3.63) is 29.8 Å².